The molecule has 0 bridgehead atoms. The van der Waals surface area contributed by atoms with Crippen LogP contribution in [-0.2, 0) is 22.2 Å². The zero-order chi connectivity index (χ0) is 17.7. The second-order valence-corrected chi connectivity index (χ2v) is 6.22. The molecule has 2 rings (SSSR count). The molecule has 0 saturated carbocycles. The molecule has 8 heteroatoms. The van der Waals surface area contributed by atoms with E-state index in [2.05, 4.69) is 10.6 Å². The first-order valence-electron chi connectivity index (χ1n) is 7.07. The first-order chi connectivity index (χ1) is 11.3. The van der Waals surface area contributed by atoms with Gasteiger partial charge in [0.2, 0.25) is 0 Å². The van der Waals surface area contributed by atoms with Gasteiger partial charge in [-0.3, -0.25) is 9.59 Å². The Hall–Kier alpha value is -2.35. The highest BCUT2D eigenvalue weighted by Gasteiger charge is 2.30. The topological polar surface area (TPSA) is 58.2 Å². The Bertz CT molecular complexity index is 714. The second-order valence-electron chi connectivity index (χ2n) is 5.19. The number of anilines is 1. The van der Waals surface area contributed by atoms with E-state index in [1.165, 1.54) is 17.4 Å². The highest BCUT2D eigenvalue weighted by atomic mass is 32.1. The van der Waals surface area contributed by atoms with Gasteiger partial charge in [-0.1, -0.05) is 12.1 Å². The summed E-state index contributed by atoms with van der Waals surface area (Å²) in [5.74, 6) is -1.90. The first kappa shape index (κ1) is 18.0. The number of rotatable bonds is 4. The summed E-state index contributed by atoms with van der Waals surface area (Å²) < 4.78 is 37.9. The summed E-state index contributed by atoms with van der Waals surface area (Å²) in [6, 6.07) is 7.64. The van der Waals surface area contributed by atoms with E-state index in [1.807, 2.05) is 17.5 Å². The van der Waals surface area contributed by atoms with Crippen LogP contribution in [0, 0.1) is 0 Å². The van der Waals surface area contributed by atoms with Gasteiger partial charge in [-0.25, -0.2) is 0 Å². The van der Waals surface area contributed by atoms with Crippen molar-refractivity contribution in [1.29, 1.82) is 0 Å². The van der Waals surface area contributed by atoms with Crippen molar-refractivity contribution in [1.82, 2.24) is 5.32 Å². The number of amides is 2. The third-order valence-corrected chi connectivity index (χ3v) is 4.02. The Balaban J connectivity index is 1.93. The molecule has 2 aromatic rings. The maximum Gasteiger partial charge on any atom is 0.416 e. The minimum atomic E-state index is -4.52. The molecule has 2 amide bonds. The Morgan fingerprint density at radius 3 is 2.54 bits per heavy atom. The summed E-state index contributed by atoms with van der Waals surface area (Å²) in [7, 11) is 0. The van der Waals surface area contributed by atoms with Crippen LogP contribution in [-0.4, -0.2) is 17.9 Å². The van der Waals surface area contributed by atoms with E-state index in [4.69, 9.17) is 0 Å². The molecular formula is C16H15F3N2O2S. The minimum Gasteiger partial charge on any atom is -0.345 e. The SMILES string of the molecule is C[C@H](Cc1cccs1)NC(=O)C(=O)Nc1cccc(C(F)(F)F)c1. The number of carbonyl (C=O) groups excluding carboxylic acids is 2. The van der Waals surface area contributed by atoms with Crippen LogP contribution in [0.2, 0.25) is 0 Å². The van der Waals surface area contributed by atoms with Crippen LogP contribution < -0.4 is 10.6 Å². The maximum atomic E-state index is 12.6. The maximum absolute atomic E-state index is 12.6. The molecule has 1 aromatic heterocycles. The number of benzene rings is 1. The fourth-order valence-electron chi connectivity index (χ4n) is 2.03. The molecule has 1 heterocycles. The molecule has 0 aliphatic carbocycles. The Morgan fingerprint density at radius 1 is 1.17 bits per heavy atom. The average Bonchev–Trinajstić information content (AvgIpc) is 2.99. The monoisotopic (exact) mass is 356 g/mol. The van der Waals surface area contributed by atoms with Crippen LogP contribution in [0.3, 0.4) is 0 Å². The molecule has 1 aromatic carbocycles. The molecule has 0 fully saturated rings. The lowest BCUT2D eigenvalue weighted by Crippen LogP contribution is -2.41. The fraction of sp³-hybridized carbons (Fsp3) is 0.250. The van der Waals surface area contributed by atoms with E-state index < -0.39 is 23.6 Å². The van der Waals surface area contributed by atoms with Crippen LogP contribution in [0.1, 0.15) is 17.4 Å². The molecule has 0 aliphatic rings. The molecular weight excluding hydrogens is 341 g/mol. The summed E-state index contributed by atoms with van der Waals surface area (Å²) in [4.78, 5) is 24.7. The van der Waals surface area contributed by atoms with Gasteiger partial charge in [-0.15, -0.1) is 11.3 Å². The van der Waals surface area contributed by atoms with Gasteiger partial charge in [0.25, 0.3) is 0 Å². The van der Waals surface area contributed by atoms with Crippen LogP contribution in [0.5, 0.6) is 0 Å². The zero-order valence-electron chi connectivity index (χ0n) is 12.7. The number of nitrogens with one attached hydrogen (secondary N) is 2. The molecule has 0 saturated heterocycles. The highest BCUT2D eigenvalue weighted by molar-refractivity contribution is 7.09. The van der Waals surface area contributed by atoms with Crippen LogP contribution in [0.4, 0.5) is 18.9 Å². The van der Waals surface area contributed by atoms with Crippen molar-refractivity contribution in [2.75, 3.05) is 5.32 Å². The van der Waals surface area contributed by atoms with Gasteiger partial charge in [-0.05, 0) is 36.6 Å². The van der Waals surface area contributed by atoms with Crippen LogP contribution in [0.15, 0.2) is 41.8 Å². The van der Waals surface area contributed by atoms with Crippen molar-refractivity contribution < 1.29 is 22.8 Å². The molecule has 4 nitrogen and oxygen atoms in total. The van der Waals surface area contributed by atoms with Gasteiger partial charge in [0.1, 0.15) is 0 Å². The third kappa shape index (κ3) is 5.09. The van der Waals surface area contributed by atoms with Gasteiger partial charge in [-0.2, -0.15) is 13.2 Å². The molecule has 24 heavy (non-hydrogen) atoms. The lowest BCUT2D eigenvalue weighted by molar-refractivity contribution is -0.137. The largest absolute Gasteiger partial charge is 0.416 e. The molecule has 2 N–H and O–H groups in total. The van der Waals surface area contributed by atoms with Crippen LogP contribution in [0.25, 0.3) is 0 Å². The number of alkyl halides is 3. The number of halogens is 3. The standard InChI is InChI=1S/C16H15F3N2O2S/c1-10(8-13-6-3-7-24-13)20-14(22)15(23)21-12-5-2-4-11(9-12)16(17,18)19/h2-7,9-10H,8H2,1H3,(H,20,22)(H,21,23)/t10-/m1/s1. The van der Waals surface area contributed by atoms with Crippen molar-refractivity contribution in [3.63, 3.8) is 0 Å². The molecule has 0 spiro atoms. The lowest BCUT2D eigenvalue weighted by atomic mass is 10.2. The Labute approximate surface area is 140 Å². The third-order valence-electron chi connectivity index (χ3n) is 3.12. The smallest absolute Gasteiger partial charge is 0.345 e. The van der Waals surface area contributed by atoms with Gasteiger partial charge >= 0.3 is 18.0 Å². The minimum absolute atomic E-state index is 0.0871. The molecule has 0 aliphatic heterocycles. The molecule has 0 radical (unpaired) electrons. The Morgan fingerprint density at radius 2 is 1.92 bits per heavy atom. The van der Waals surface area contributed by atoms with Crippen molar-refractivity contribution in [3.05, 3.63) is 52.2 Å². The van der Waals surface area contributed by atoms with E-state index in [1.54, 1.807) is 6.92 Å². The zero-order valence-corrected chi connectivity index (χ0v) is 13.5. The summed E-state index contributed by atoms with van der Waals surface area (Å²) in [5.41, 5.74) is -0.984. The number of hydrogen-bond donors (Lipinski definition) is 2. The Kier molecular flexibility index (Phi) is 5.61. The number of thiophene rings is 1. The van der Waals surface area contributed by atoms with Crippen molar-refractivity contribution in [2.24, 2.45) is 0 Å². The summed E-state index contributed by atoms with van der Waals surface area (Å²) in [6.45, 7) is 1.75. The highest BCUT2D eigenvalue weighted by Crippen LogP contribution is 2.30. The van der Waals surface area contributed by atoms with Crippen molar-refractivity contribution in [3.8, 4) is 0 Å². The fourth-order valence-corrected chi connectivity index (χ4v) is 2.87. The summed E-state index contributed by atoms with van der Waals surface area (Å²) >= 11 is 1.53. The van der Waals surface area contributed by atoms with E-state index >= 15 is 0 Å². The summed E-state index contributed by atoms with van der Waals surface area (Å²) in [5, 5.41) is 6.59. The summed E-state index contributed by atoms with van der Waals surface area (Å²) in [6.07, 6.45) is -3.95. The van der Waals surface area contributed by atoms with Gasteiger partial charge in [0.05, 0.1) is 5.56 Å². The molecule has 1 atom stereocenters. The van der Waals surface area contributed by atoms with E-state index in [0.717, 1.165) is 23.1 Å². The molecule has 128 valence electrons. The second kappa shape index (κ2) is 7.48. The normalized spacial score (nSPS) is 12.5. The average molecular weight is 356 g/mol. The number of carbonyl (C=O) groups is 2. The predicted octanol–water partition coefficient (Wildman–Crippen LogP) is 3.45. The van der Waals surface area contributed by atoms with Gasteiger partial charge < -0.3 is 10.6 Å². The van der Waals surface area contributed by atoms with Gasteiger partial charge in [0.15, 0.2) is 0 Å². The first-order valence-corrected chi connectivity index (χ1v) is 7.95. The van der Waals surface area contributed by atoms with Crippen LogP contribution >= 0.6 is 11.3 Å². The van der Waals surface area contributed by atoms with E-state index in [-0.39, 0.29) is 11.7 Å². The van der Waals surface area contributed by atoms with E-state index in [0.29, 0.717) is 6.42 Å². The molecule has 0 unspecified atom stereocenters. The number of hydrogen-bond acceptors (Lipinski definition) is 3. The predicted molar refractivity (Wildman–Crippen MR) is 85.7 cm³/mol. The van der Waals surface area contributed by atoms with E-state index in [9.17, 15) is 22.8 Å². The van der Waals surface area contributed by atoms with Crippen molar-refractivity contribution >= 4 is 28.8 Å². The van der Waals surface area contributed by atoms with Gasteiger partial charge in [0, 0.05) is 23.0 Å². The van der Waals surface area contributed by atoms with Crippen molar-refractivity contribution in [2.45, 2.75) is 25.6 Å². The quantitative estimate of drug-likeness (QED) is 0.825. The lowest BCUT2D eigenvalue weighted by Gasteiger charge is -2.13.